The Hall–Kier alpha value is -1.79. The van der Waals surface area contributed by atoms with Crippen molar-refractivity contribution in [2.45, 2.75) is 12.1 Å². The van der Waals surface area contributed by atoms with Crippen LogP contribution in [0.1, 0.15) is 11.6 Å². The average molecular weight is 300 g/mol. The van der Waals surface area contributed by atoms with Crippen LogP contribution in [0.4, 0.5) is 0 Å². The molecule has 2 unspecified atom stereocenters. The maximum absolute atomic E-state index is 11.7. The summed E-state index contributed by atoms with van der Waals surface area (Å²) in [4.78, 5) is 24.3. The highest BCUT2D eigenvalue weighted by Crippen LogP contribution is 2.33. The number of carboxylic acid groups (broad SMARTS) is 1. The molecule has 20 heavy (non-hydrogen) atoms. The van der Waals surface area contributed by atoms with Crippen molar-refractivity contribution in [2.24, 2.45) is 0 Å². The van der Waals surface area contributed by atoms with Gasteiger partial charge in [0, 0.05) is 7.05 Å². The number of hydrogen-bond donors (Lipinski definition) is 1. The highest BCUT2D eigenvalue weighted by atomic mass is 35.5. The fraction of sp³-hybridized carbons (Fsp3) is 0.385. The molecule has 108 valence electrons. The van der Waals surface area contributed by atoms with Gasteiger partial charge in [-0.15, -0.1) is 0 Å². The second-order valence-corrected chi connectivity index (χ2v) is 4.82. The van der Waals surface area contributed by atoms with E-state index in [-0.39, 0.29) is 12.5 Å². The van der Waals surface area contributed by atoms with Gasteiger partial charge in [0.2, 0.25) is 5.91 Å². The van der Waals surface area contributed by atoms with Crippen LogP contribution in [0, 0.1) is 0 Å². The van der Waals surface area contributed by atoms with Gasteiger partial charge in [-0.05, 0) is 17.7 Å². The van der Waals surface area contributed by atoms with Gasteiger partial charge in [-0.2, -0.15) is 0 Å². The first-order valence-corrected chi connectivity index (χ1v) is 6.27. The van der Waals surface area contributed by atoms with Crippen molar-refractivity contribution in [3.8, 4) is 5.75 Å². The molecule has 1 N–H and O–H groups in total. The van der Waals surface area contributed by atoms with Gasteiger partial charge in [0.15, 0.2) is 6.10 Å². The van der Waals surface area contributed by atoms with Crippen LogP contribution in [-0.4, -0.2) is 48.8 Å². The maximum atomic E-state index is 11.7. The third kappa shape index (κ3) is 2.57. The minimum Gasteiger partial charge on any atom is -0.495 e. The fourth-order valence-electron chi connectivity index (χ4n) is 2.18. The predicted octanol–water partition coefficient (Wildman–Crippen LogP) is 1.33. The zero-order chi connectivity index (χ0) is 14.9. The van der Waals surface area contributed by atoms with Gasteiger partial charge in [0.05, 0.1) is 18.2 Å². The Bertz CT molecular complexity index is 548. The van der Waals surface area contributed by atoms with E-state index in [4.69, 9.17) is 21.1 Å². The second kappa shape index (κ2) is 5.68. The number of amides is 1. The van der Waals surface area contributed by atoms with Crippen LogP contribution in [0.3, 0.4) is 0 Å². The van der Waals surface area contributed by atoms with Gasteiger partial charge in [0.1, 0.15) is 12.4 Å². The van der Waals surface area contributed by atoms with Gasteiger partial charge in [-0.25, -0.2) is 4.79 Å². The summed E-state index contributed by atoms with van der Waals surface area (Å²) in [6.07, 6.45) is -1.12. The molecule has 0 saturated carbocycles. The first-order valence-electron chi connectivity index (χ1n) is 5.89. The summed E-state index contributed by atoms with van der Waals surface area (Å²) in [6.45, 7) is -0.242. The van der Waals surface area contributed by atoms with Gasteiger partial charge >= 0.3 is 5.97 Å². The molecular formula is C13H14ClNO5. The number of carboxylic acids is 1. The van der Waals surface area contributed by atoms with E-state index in [0.717, 1.165) is 0 Å². The van der Waals surface area contributed by atoms with Crippen LogP contribution >= 0.6 is 11.6 Å². The molecule has 7 heteroatoms. The van der Waals surface area contributed by atoms with Crippen molar-refractivity contribution in [3.63, 3.8) is 0 Å². The summed E-state index contributed by atoms with van der Waals surface area (Å²) in [7, 11) is 3.03. The van der Waals surface area contributed by atoms with Crippen molar-refractivity contribution in [1.82, 2.24) is 4.90 Å². The Morgan fingerprint density at radius 3 is 2.80 bits per heavy atom. The number of methoxy groups -OCH3 is 1. The Labute approximate surface area is 120 Å². The summed E-state index contributed by atoms with van der Waals surface area (Å²) in [6, 6.07) is 4.16. The first kappa shape index (κ1) is 14.6. The van der Waals surface area contributed by atoms with Gasteiger partial charge in [-0.1, -0.05) is 17.7 Å². The lowest BCUT2D eigenvalue weighted by molar-refractivity contribution is -0.171. The standard InChI is InChI=1S/C13H14ClNO5/c1-15-10(16)6-20-12(13(17)18)11(15)7-3-4-9(19-2)8(14)5-7/h3-5,11-12H,6H2,1-2H3,(H,17,18). The van der Waals surface area contributed by atoms with E-state index < -0.39 is 18.1 Å². The number of hydrogen-bond acceptors (Lipinski definition) is 4. The predicted molar refractivity (Wildman–Crippen MR) is 70.9 cm³/mol. The van der Waals surface area contributed by atoms with Gasteiger partial charge in [0.25, 0.3) is 0 Å². The number of morpholine rings is 1. The Balaban J connectivity index is 2.42. The van der Waals surface area contributed by atoms with Crippen LogP contribution < -0.4 is 4.74 Å². The van der Waals surface area contributed by atoms with Crippen molar-refractivity contribution < 1.29 is 24.2 Å². The summed E-state index contributed by atoms with van der Waals surface area (Å²) in [5.74, 6) is -0.922. The topological polar surface area (TPSA) is 76.1 Å². The zero-order valence-corrected chi connectivity index (χ0v) is 11.8. The summed E-state index contributed by atoms with van der Waals surface area (Å²) < 4.78 is 10.2. The molecule has 6 nitrogen and oxygen atoms in total. The molecule has 1 aromatic rings. The van der Waals surface area contributed by atoms with Crippen LogP contribution in [0.15, 0.2) is 18.2 Å². The molecule has 2 atom stereocenters. The highest BCUT2D eigenvalue weighted by Gasteiger charge is 2.40. The monoisotopic (exact) mass is 299 g/mol. The average Bonchev–Trinajstić information content (AvgIpc) is 2.41. The van der Waals surface area contributed by atoms with Crippen molar-refractivity contribution in [1.29, 1.82) is 0 Å². The molecule has 1 amide bonds. The van der Waals surface area contributed by atoms with Crippen molar-refractivity contribution in [3.05, 3.63) is 28.8 Å². The molecule has 1 aliphatic rings. The Morgan fingerprint density at radius 1 is 1.55 bits per heavy atom. The van der Waals surface area contributed by atoms with E-state index in [2.05, 4.69) is 0 Å². The second-order valence-electron chi connectivity index (χ2n) is 4.41. The van der Waals surface area contributed by atoms with E-state index in [1.165, 1.54) is 12.0 Å². The SMILES string of the molecule is COc1ccc(C2C(C(=O)O)OCC(=O)N2C)cc1Cl. The quantitative estimate of drug-likeness (QED) is 0.911. The van der Waals surface area contributed by atoms with Crippen LogP contribution in [0.2, 0.25) is 5.02 Å². The summed E-state index contributed by atoms with van der Waals surface area (Å²) in [5.41, 5.74) is 0.582. The first-order chi connectivity index (χ1) is 9.45. The van der Waals surface area contributed by atoms with Crippen molar-refractivity contribution in [2.75, 3.05) is 20.8 Å². The summed E-state index contributed by atoms with van der Waals surface area (Å²) >= 11 is 6.04. The van der Waals surface area contributed by atoms with E-state index >= 15 is 0 Å². The molecule has 0 radical (unpaired) electrons. The third-order valence-electron chi connectivity index (χ3n) is 3.24. The maximum Gasteiger partial charge on any atom is 0.335 e. The summed E-state index contributed by atoms with van der Waals surface area (Å²) in [5, 5.41) is 9.57. The molecule has 0 spiro atoms. The molecule has 1 fully saturated rings. The Kier molecular flexibility index (Phi) is 4.15. The molecule has 1 aromatic carbocycles. The lowest BCUT2D eigenvalue weighted by atomic mass is 9.98. The van der Waals surface area contributed by atoms with Crippen LogP contribution in [0.5, 0.6) is 5.75 Å². The number of halogens is 1. The molecule has 0 bridgehead atoms. The smallest absolute Gasteiger partial charge is 0.335 e. The van der Waals surface area contributed by atoms with Crippen molar-refractivity contribution >= 4 is 23.5 Å². The molecule has 0 aliphatic carbocycles. The van der Waals surface area contributed by atoms with E-state index in [1.807, 2.05) is 0 Å². The lowest BCUT2D eigenvalue weighted by Gasteiger charge is -2.37. The minimum atomic E-state index is -1.12. The normalized spacial score (nSPS) is 22.8. The minimum absolute atomic E-state index is 0.242. The number of ether oxygens (including phenoxy) is 2. The van der Waals surface area contributed by atoms with Gasteiger partial charge in [-0.3, -0.25) is 4.79 Å². The molecular weight excluding hydrogens is 286 g/mol. The fourth-order valence-corrected chi connectivity index (χ4v) is 2.45. The lowest BCUT2D eigenvalue weighted by Crippen LogP contribution is -2.50. The number of aliphatic carboxylic acids is 1. The molecule has 1 saturated heterocycles. The molecule has 0 aromatic heterocycles. The molecule has 1 aliphatic heterocycles. The number of rotatable bonds is 3. The van der Waals surface area contributed by atoms with Crippen LogP contribution in [0.25, 0.3) is 0 Å². The molecule has 1 heterocycles. The van der Waals surface area contributed by atoms with E-state index in [9.17, 15) is 14.7 Å². The Morgan fingerprint density at radius 2 is 2.25 bits per heavy atom. The third-order valence-corrected chi connectivity index (χ3v) is 3.54. The number of carbonyl (C=O) groups excluding carboxylic acids is 1. The van der Waals surface area contributed by atoms with Crippen LogP contribution in [-0.2, 0) is 14.3 Å². The zero-order valence-electron chi connectivity index (χ0n) is 11.0. The number of nitrogens with zero attached hydrogens (tertiary/aromatic N) is 1. The molecule has 2 rings (SSSR count). The largest absolute Gasteiger partial charge is 0.495 e. The van der Waals surface area contributed by atoms with E-state index in [0.29, 0.717) is 16.3 Å². The van der Waals surface area contributed by atoms with Gasteiger partial charge < -0.3 is 19.5 Å². The highest BCUT2D eigenvalue weighted by molar-refractivity contribution is 6.32. The van der Waals surface area contributed by atoms with E-state index in [1.54, 1.807) is 25.2 Å². The number of benzene rings is 1. The number of likely N-dealkylation sites (N-methyl/N-ethyl adjacent to an activating group) is 1. The number of carbonyl (C=O) groups is 2.